The Bertz CT molecular complexity index is 1200. The summed E-state index contributed by atoms with van der Waals surface area (Å²) >= 11 is 0.909. The van der Waals surface area contributed by atoms with Crippen LogP contribution >= 0.6 is 11.3 Å². The molecule has 0 atom stereocenters. The number of fused-ring (bicyclic) bond motifs is 1. The van der Waals surface area contributed by atoms with E-state index in [1.165, 1.54) is 10.6 Å². The van der Waals surface area contributed by atoms with Crippen LogP contribution in [0.1, 0.15) is 21.6 Å². The van der Waals surface area contributed by atoms with E-state index in [0.717, 1.165) is 28.0 Å². The molecule has 5 nitrogen and oxygen atoms in total. The summed E-state index contributed by atoms with van der Waals surface area (Å²) in [7, 11) is 0. The predicted octanol–water partition coefficient (Wildman–Crippen LogP) is 4.14. The van der Waals surface area contributed by atoms with E-state index in [0.29, 0.717) is 16.2 Å². The van der Waals surface area contributed by atoms with Gasteiger partial charge in [0.25, 0.3) is 0 Å². The van der Waals surface area contributed by atoms with Gasteiger partial charge in [-0.3, -0.25) is 14.2 Å². The molecule has 0 unspecified atom stereocenters. The first-order valence-corrected chi connectivity index (χ1v) is 10.00. The minimum atomic E-state index is -0.297. The number of nitrogens with zero attached hydrogens (tertiary/aromatic N) is 1. The highest BCUT2D eigenvalue weighted by atomic mass is 32.1. The molecule has 6 heteroatoms. The molecule has 1 aliphatic carbocycles. The highest BCUT2D eigenvalue weighted by molar-refractivity contribution is 7.10. The summed E-state index contributed by atoms with van der Waals surface area (Å²) in [6.45, 7) is 2.43. The fraction of sp³-hybridized carbons (Fsp3) is 0.130. The first kappa shape index (κ1) is 19.0. The molecule has 0 saturated carbocycles. The normalized spacial score (nSPS) is 14.2. The van der Waals surface area contributed by atoms with Gasteiger partial charge in [0.2, 0.25) is 5.88 Å². The summed E-state index contributed by atoms with van der Waals surface area (Å²) in [5.41, 5.74) is 3.26. The van der Waals surface area contributed by atoms with Crippen molar-refractivity contribution >= 4 is 34.8 Å². The van der Waals surface area contributed by atoms with Crippen LogP contribution in [0.5, 0.6) is 11.6 Å². The molecule has 0 spiro atoms. The zero-order valence-corrected chi connectivity index (χ0v) is 16.6. The number of aromatic nitrogens is 1. The quantitative estimate of drug-likeness (QED) is 0.648. The van der Waals surface area contributed by atoms with Gasteiger partial charge in [-0.05, 0) is 47.9 Å². The number of allylic oxidation sites excluding steroid dienone is 2. The first-order chi connectivity index (χ1) is 14.0. The molecule has 1 aliphatic rings. The van der Waals surface area contributed by atoms with E-state index in [-0.39, 0.29) is 29.7 Å². The van der Waals surface area contributed by atoms with E-state index in [9.17, 15) is 14.7 Å². The Morgan fingerprint density at radius 1 is 1.10 bits per heavy atom. The maximum Gasteiger partial charge on any atom is 0.310 e. The van der Waals surface area contributed by atoms with Crippen molar-refractivity contribution in [3.05, 3.63) is 85.8 Å². The minimum absolute atomic E-state index is 0.153. The third kappa shape index (κ3) is 3.93. The zero-order chi connectivity index (χ0) is 20.4. The van der Waals surface area contributed by atoms with Crippen molar-refractivity contribution in [3.63, 3.8) is 0 Å². The maximum absolute atomic E-state index is 12.4. The van der Waals surface area contributed by atoms with Gasteiger partial charge in [-0.1, -0.05) is 53.8 Å². The number of ether oxygens (including phenoxy) is 1. The lowest BCUT2D eigenvalue weighted by Crippen LogP contribution is -2.17. The van der Waals surface area contributed by atoms with Gasteiger partial charge in [-0.25, -0.2) is 0 Å². The monoisotopic (exact) mass is 405 g/mol. The molecule has 1 N–H and O–H groups in total. The Kier molecular flexibility index (Phi) is 5.18. The molecule has 0 amide bonds. The zero-order valence-electron chi connectivity index (χ0n) is 15.8. The van der Waals surface area contributed by atoms with E-state index in [4.69, 9.17) is 4.74 Å². The molecule has 1 heterocycles. The first-order valence-electron chi connectivity index (χ1n) is 9.18. The Labute approximate surface area is 171 Å². The predicted molar refractivity (Wildman–Crippen MR) is 115 cm³/mol. The molecule has 1 aromatic heterocycles. The smallest absolute Gasteiger partial charge is 0.310 e. The largest absolute Gasteiger partial charge is 0.493 e. The SMILES string of the molecule is Cc1cccc(OCCn2c(O)c(/C=C3\C(=O)C=Cc4ccccc43)sc2=O)c1. The molecule has 0 saturated heterocycles. The van der Waals surface area contributed by atoms with E-state index in [2.05, 4.69) is 0 Å². The number of ketones is 1. The fourth-order valence-corrected chi connectivity index (χ4v) is 4.08. The number of carbonyl (C=O) groups is 1. The molecular formula is C23H19NO4S. The molecule has 29 heavy (non-hydrogen) atoms. The molecule has 0 radical (unpaired) electrons. The second-order valence-corrected chi connectivity index (χ2v) is 7.71. The van der Waals surface area contributed by atoms with E-state index in [1.807, 2.05) is 55.5 Å². The number of benzene rings is 2. The number of hydrogen-bond donors (Lipinski definition) is 1. The summed E-state index contributed by atoms with van der Waals surface area (Å²) in [6.07, 6.45) is 4.86. The van der Waals surface area contributed by atoms with E-state index < -0.39 is 0 Å². The standard InChI is InChI=1S/C23H19NO4S/c1-15-5-4-7-17(13-15)28-12-11-24-22(26)21(29-23(24)27)14-19-18-8-3-2-6-16(18)9-10-20(19)25/h2-10,13-14,26H,11-12H2,1H3/b19-14-. The fourth-order valence-electron chi connectivity index (χ4n) is 3.22. The lowest BCUT2D eigenvalue weighted by atomic mass is 9.91. The molecule has 0 aliphatic heterocycles. The van der Waals surface area contributed by atoms with Gasteiger partial charge in [0, 0.05) is 5.57 Å². The third-order valence-electron chi connectivity index (χ3n) is 4.67. The molecular weight excluding hydrogens is 386 g/mol. The Hall–Kier alpha value is -3.38. The maximum atomic E-state index is 12.4. The highest BCUT2D eigenvalue weighted by Gasteiger charge is 2.19. The molecule has 146 valence electrons. The summed E-state index contributed by atoms with van der Waals surface area (Å²) in [5.74, 6) is 0.407. The lowest BCUT2D eigenvalue weighted by molar-refractivity contribution is -0.109. The lowest BCUT2D eigenvalue weighted by Gasteiger charge is -2.12. The van der Waals surface area contributed by atoms with Crippen LogP contribution in [0, 0.1) is 6.92 Å². The number of aromatic hydroxyl groups is 1. The van der Waals surface area contributed by atoms with Crippen LogP contribution in [-0.4, -0.2) is 22.1 Å². The van der Waals surface area contributed by atoms with Crippen molar-refractivity contribution in [1.29, 1.82) is 0 Å². The summed E-state index contributed by atoms with van der Waals surface area (Å²) in [5, 5.41) is 10.6. The summed E-state index contributed by atoms with van der Waals surface area (Å²) < 4.78 is 6.94. The van der Waals surface area contributed by atoms with Gasteiger partial charge in [0.15, 0.2) is 5.78 Å². The van der Waals surface area contributed by atoms with Gasteiger partial charge in [0.1, 0.15) is 12.4 Å². The van der Waals surface area contributed by atoms with Gasteiger partial charge >= 0.3 is 4.87 Å². The van der Waals surface area contributed by atoms with E-state index >= 15 is 0 Å². The molecule has 0 fully saturated rings. The minimum Gasteiger partial charge on any atom is -0.493 e. The van der Waals surface area contributed by atoms with Gasteiger partial charge in [-0.2, -0.15) is 0 Å². The molecule has 2 aromatic carbocycles. The third-order valence-corrected chi connectivity index (χ3v) is 5.59. The Balaban J connectivity index is 1.57. The Morgan fingerprint density at radius 3 is 2.76 bits per heavy atom. The second kappa shape index (κ2) is 7.93. The van der Waals surface area contributed by atoms with Crippen LogP contribution in [0.25, 0.3) is 17.7 Å². The van der Waals surface area contributed by atoms with Gasteiger partial charge in [-0.15, -0.1) is 0 Å². The van der Waals surface area contributed by atoms with Gasteiger partial charge in [0.05, 0.1) is 11.4 Å². The Morgan fingerprint density at radius 2 is 1.93 bits per heavy atom. The van der Waals surface area contributed by atoms with Crippen LogP contribution in [0.3, 0.4) is 0 Å². The van der Waals surface area contributed by atoms with Crippen molar-refractivity contribution in [2.75, 3.05) is 6.61 Å². The number of thiazole rings is 1. The van der Waals surface area contributed by atoms with Crippen molar-refractivity contribution < 1.29 is 14.6 Å². The van der Waals surface area contributed by atoms with Crippen LogP contribution in [-0.2, 0) is 11.3 Å². The van der Waals surface area contributed by atoms with Crippen molar-refractivity contribution in [2.45, 2.75) is 13.5 Å². The van der Waals surface area contributed by atoms with Crippen LogP contribution in [0.4, 0.5) is 0 Å². The number of aryl methyl sites for hydroxylation is 1. The number of carbonyl (C=O) groups excluding carboxylic acids is 1. The average Bonchev–Trinajstić information content (AvgIpc) is 2.97. The van der Waals surface area contributed by atoms with E-state index in [1.54, 1.807) is 12.2 Å². The van der Waals surface area contributed by atoms with Crippen LogP contribution in [0.2, 0.25) is 0 Å². The topological polar surface area (TPSA) is 68.5 Å². The van der Waals surface area contributed by atoms with Crippen LogP contribution < -0.4 is 9.61 Å². The second-order valence-electron chi connectivity index (χ2n) is 6.72. The average molecular weight is 405 g/mol. The van der Waals surface area contributed by atoms with Crippen molar-refractivity contribution in [3.8, 4) is 11.6 Å². The molecule has 3 aromatic rings. The number of rotatable bonds is 5. The summed E-state index contributed by atoms with van der Waals surface area (Å²) in [4.78, 5) is 24.8. The van der Waals surface area contributed by atoms with Crippen molar-refractivity contribution in [1.82, 2.24) is 4.57 Å². The van der Waals surface area contributed by atoms with Crippen LogP contribution in [0.15, 0.2) is 59.4 Å². The highest BCUT2D eigenvalue weighted by Crippen LogP contribution is 2.31. The number of hydrogen-bond acceptors (Lipinski definition) is 5. The molecule has 0 bridgehead atoms. The molecule has 4 rings (SSSR count). The van der Waals surface area contributed by atoms with Gasteiger partial charge < -0.3 is 9.84 Å². The summed E-state index contributed by atoms with van der Waals surface area (Å²) in [6, 6.07) is 15.2. The van der Waals surface area contributed by atoms with Crippen molar-refractivity contribution in [2.24, 2.45) is 0 Å².